The van der Waals surface area contributed by atoms with E-state index in [1.807, 2.05) is 20.3 Å². The number of nitrogens with zero attached hydrogens (tertiary/aromatic N) is 1. The summed E-state index contributed by atoms with van der Waals surface area (Å²) in [5.41, 5.74) is 2.52. The zero-order chi connectivity index (χ0) is 7.84. The van der Waals surface area contributed by atoms with Gasteiger partial charge in [0.1, 0.15) is 0 Å². The van der Waals surface area contributed by atoms with Gasteiger partial charge in [0, 0.05) is 11.8 Å². The number of hydrogen-bond acceptors (Lipinski definition) is 1. The number of carbonyl (C=O) groups is 1. The molecule has 1 heterocycles. The maximum atomic E-state index is 11.1. The van der Waals surface area contributed by atoms with Crippen LogP contribution < -0.4 is 0 Å². The number of carbonyl (C=O) groups excluding carboxylic acids is 1. The van der Waals surface area contributed by atoms with Gasteiger partial charge in [0.05, 0.1) is 0 Å². The first-order valence-corrected chi connectivity index (χ1v) is 3.85. The Morgan fingerprint density at radius 3 is 2.73 bits per heavy atom. The minimum absolute atomic E-state index is 0.0851. The van der Waals surface area contributed by atoms with Gasteiger partial charge in [-0.2, -0.15) is 0 Å². The summed E-state index contributed by atoms with van der Waals surface area (Å²) < 4.78 is 0. The van der Waals surface area contributed by atoms with Crippen LogP contribution in [0.1, 0.15) is 12.8 Å². The molecule has 0 spiro atoms. The Hall–Kier alpha value is -0.985. The number of amides is 1. The van der Waals surface area contributed by atoms with Crippen LogP contribution in [-0.2, 0) is 4.79 Å². The quantitative estimate of drug-likeness (QED) is 0.507. The highest BCUT2D eigenvalue weighted by molar-refractivity contribution is 6.37. The topological polar surface area (TPSA) is 20.3 Å². The third-order valence-electron chi connectivity index (χ3n) is 2.00. The molecule has 1 fully saturated rings. The molecule has 0 atom stereocenters. The van der Waals surface area contributed by atoms with E-state index in [1.165, 1.54) is 5.57 Å². The fourth-order valence-electron chi connectivity index (χ4n) is 1.30. The third kappa shape index (κ3) is 1.00. The molecule has 0 aromatic carbocycles. The van der Waals surface area contributed by atoms with E-state index >= 15 is 0 Å². The summed E-state index contributed by atoms with van der Waals surface area (Å²) in [5, 5.41) is 0. The summed E-state index contributed by atoms with van der Waals surface area (Å²) in [6.45, 7) is 1.88. The van der Waals surface area contributed by atoms with Crippen LogP contribution in [0.2, 0.25) is 6.82 Å². The molecule has 0 saturated heterocycles. The van der Waals surface area contributed by atoms with E-state index in [0.29, 0.717) is 0 Å². The maximum Gasteiger partial charge on any atom is 0.253 e. The van der Waals surface area contributed by atoms with Crippen LogP contribution >= 0.6 is 0 Å². The summed E-state index contributed by atoms with van der Waals surface area (Å²) in [5.74, 6) is 0.0851. The molecule has 2 aliphatic rings. The van der Waals surface area contributed by atoms with E-state index < -0.39 is 0 Å². The van der Waals surface area contributed by atoms with Gasteiger partial charge >= 0.3 is 0 Å². The van der Waals surface area contributed by atoms with Gasteiger partial charge in [0.15, 0.2) is 0 Å². The van der Waals surface area contributed by atoms with Gasteiger partial charge < -0.3 is 4.81 Å². The van der Waals surface area contributed by atoms with Crippen LogP contribution in [0.3, 0.4) is 0 Å². The molecule has 1 saturated carbocycles. The van der Waals surface area contributed by atoms with Crippen molar-refractivity contribution < 1.29 is 4.79 Å². The highest BCUT2D eigenvalue weighted by Gasteiger charge is 2.26. The second-order valence-electron chi connectivity index (χ2n) is 2.79. The lowest BCUT2D eigenvalue weighted by Gasteiger charge is -2.14. The lowest BCUT2D eigenvalue weighted by atomic mass is 9.95. The van der Waals surface area contributed by atoms with Gasteiger partial charge in [0.2, 0.25) is 5.91 Å². The average molecular weight is 146 g/mol. The van der Waals surface area contributed by atoms with Crippen LogP contribution in [0.25, 0.3) is 0 Å². The first-order valence-electron chi connectivity index (χ1n) is 3.85. The zero-order valence-corrected chi connectivity index (χ0v) is 6.50. The molecule has 0 bridgehead atoms. The van der Waals surface area contributed by atoms with Crippen LogP contribution in [0.15, 0.2) is 23.4 Å². The van der Waals surface area contributed by atoms with Crippen molar-refractivity contribution in [3.63, 3.8) is 0 Å². The molecule has 1 aliphatic carbocycles. The monoisotopic (exact) mass is 146 g/mol. The van der Waals surface area contributed by atoms with E-state index in [0.717, 1.165) is 18.5 Å². The predicted molar refractivity (Wildman–Crippen MR) is 43.9 cm³/mol. The molecule has 0 unspecified atom stereocenters. The summed E-state index contributed by atoms with van der Waals surface area (Å²) in [6, 6.07) is 0. The first kappa shape index (κ1) is 6.71. The third-order valence-corrected chi connectivity index (χ3v) is 2.00. The van der Waals surface area contributed by atoms with E-state index in [-0.39, 0.29) is 5.91 Å². The SMILES string of the molecule is C[B]N1C(=O)C=CC1=C1CC1. The minimum atomic E-state index is 0.0851. The molecule has 0 N–H and O–H groups in total. The van der Waals surface area contributed by atoms with Crippen molar-refractivity contribution in [1.29, 1.82) is 0 Å². The lowest BCUT2D eigenvalue weighted by Crippen LogP contribution is -2.26. The molecule has 11 heavy (non-hydrogen) atoms. The average Bonchev–Trinajstić information content (AvgIpc) is 2.76. The Morgan fingerprint density at radius 2 is 2.18 bits per heavy atom. The Labute approximate surface area is 66.8 Å². The largest absolute Gasteiger partial charge is 0.359 e. The van der Waals surface area contributed by atoms with Crippen molar-refractivity contribution in [2.45, 2.75) is 19.7 Å². The van der Waals surface area contributed by atoms with Gasteiger partial charge in [-0.1, -0.05) is 6.82 Å². The van der Waals surface area contributed by atoms with Crippen molar-refractivity contribution in [1.82, 2.24) is 4.81 Å². The fourth-order valence-corrected chi connectivity index (χ4v) is 1.30. The Balaban J connectivity index is 2.30. The van der Waals surface area contributed by atoms with Crippen molar-refractivity contribution in [3.8, 4) is 0 Å². The lowest BCUT2D eigenvalue weighted by molar-refractivity contribution is -0.119. The second-order valence-corrected chi connectivity index (χ2v) is 2.79. The van der Waals surface area contributed by atoms with Crippen LogP contribution in [0.4, 0.5) is 0 Å². The zero-order valence-electron chi connectivity index (χ0n) is 6.50. The number of hydrogen-bond donors (Lipinski definition) is 0. The first-order chi connectivity index (χ1) is 5.33. The minimum Gasteiger partial charge on any atom is -0.359 e. The van der Waals surface area contributed by atoms with Gasteiger partial charge in [-0.3, -0.25) is 4.79 Å². The van der Waals surface area contributed by atoms with Crippen molar-refractivity contribution in [2.75, 3.05) is 0 Å². The fraction of sp³-hybridized carbons (Fsp3) is 0.375. The second kappa shape index (κ2) is 2.26. The molecule has 2 rings (SSSR count). The molecule has 0 aromatic heterocycles. The van der Waals surface area contributed by atoms with Crippen LogP contribution in [0, 0.1) is 0 Å². The molecule has 1 radical (unpaired) electrons. The smallest absolute Gasteiger partial charge is 0.253 e. The summed E-state index contributed by atoms with van der Waals surface area (Å²) in [7, 11) is 1.82. The van der Waals surface area contributed by atoms with E-state index in [9.17, 15) is 4.79 Å². The standard InChI is InChI=1S/C8H9BNO/c1-9-10-7(6-2-3-6)4-5-8(10)11/h4-5H,2-3H2,1H3. The highest BCUT2D eigenvalue weighted by Crippen LogP contribution is 2.35. The highest BCUT2D eigenvalue weighted by atomic mass is 16.2. The van der Waals surface area contributed by atoms with Gasteiger partial charge in [0.25, 0.3) is 7.41 Å². The van der Waals surface area contributed by atoms with Crippen LogP contribution in [0.5, 0.6) is 0 Å². The van der Waals surface area contributed by atoms with Gasteiger partial charge in [-0.25, -0.2) is 0 Å². The van der Waals surface area contributed by atoms with Crippen LogP contribution in [-0.4, -0.2) is 18.1 Å². The number of rotatable bonds is 1. The molecule has 1 aliphatic heterocycles. The van der Waals surface area contributed by atoms with E-state index in [2.05, 4.69) is 0 Å². The molecular weight excluding hydrogens is 137 g/mol. The molecule has 0 aromatic rings. The predicted octanol–water partition coefficient (Wildman–Crippen LogP) is 1.10. The normalized spacial score (nSPS) is 21.5. The Bertz CT molecular complexity index is 261. The maximum absolute atomic E-state index is 11.1. The summed E-state index contributed by atoms with van der Waals surface area (Å²) in [6.07, 6.45) is 5.86. The summed E-state index contributed by atoms with van der Waals surface area (Å²) >= 11 is 0. The van der Waals surface area contributed by atoms with Crippen molar-refractivity contribution >= 4 is 13.3 Å². The molecule has 3 heteroatoms. The van der Waals surface area contributed by atoms with E-state index in [1.54, 1.807) is 10.9 Å². The summed E-state index contributed by atoms with van der Waals surface area (Å²) in [4.78, 5) is 12.8. The molecule has 2 nitrogen and oxygen atoms in total. The molecular formula is C8H9BNO. The van der Waals surface area contributed by atoms with Crippen molar-refractivity contribution in [3.05, 3.63) is 23.4 Å². The van der Waals surface area contributed by atoms with Gasteiger partial charge in [-0.15, -0.1) is 0 Å². The van der Waals surface area contributed by atoms with Gasteiger partial charge in [-0.05, 0) is 24.5 Å². The Kier molecular flexibility index (Phi) is 1.38. The Morgan fingerprint density at radius 1 is 1.45 bits per heavy atom. The van der Waals surface area contributed by atoms with E-state index in [4.69, 9.17) is 0 Å². The number of allylic oxidation sites excluding steroid dienone is 2. The molecule has 1 amide bonds. The molecule has 55 valence electrons. The van der Waals surface area contributed by atoms with Crippen molar-refractivity contribution in [2.24, 2.45) is 0 Å².